The highest BCUT2D eigenvalue weighted by Crippen LogP contribution is 2.28. The van der Waals surface area contributed by atoms with Crippen molar-refractivity contribution < 1.29 is 17.9 Å². The SMILES string of the molecule is Cc1ccc(S(=O)(=O)Nc2ccc(N3CCCC3)c(C(=O)NCCN3CCOCC3)c2)cc1. The first-order valence-corrected chi connectivity index (χ1v) is 13.0. The topological polar surface area (TPSA) is 91.0 Å². The largest absolute Gasteiger partial charge is 0.379 e. The number of amides is 1. The van der Waals surface area contributed by atoms with Crippen molar-refractivity contribution in [3.05, 3.63) is 53.6 Å². The number of aryl methyl sites for hydroxylation is 1. The van der Waals surface area contributed by atoms with Gasteiger partial charge in [-0.05, 0) is 50.1 Å². The Morgan fingerprint density at radius 1 is 1.00 bits per heavy atom. The Morgan fingerprint density at radius 3 is 2.39 bits per heavy atom. The molecular weight excluding hydrogens is 440 g/mol. The number of nitrogens with one attached hydrogen (secondary N) is 2. The fourth-order valence-corrected chi connectivity index (χ4v) is 5.24. The van der Waals surface area contributed by atoms with E-state index < -0.39 is 10.0 Å². The number of rotatable bonds is 8. The van der Waals surface area contributed by atoms with Gasteiger partial charge in [-0.3, -0.25) is 14.4 Å². The van der Waals surface area contributed by atoms with E-state index in [1.54, 1.807) is 36.4 Å². The number of hydrogen-bond acceptors (Lipinski definition) is 6. The quantitative estimate of drug-likeness (QED) is 0.613. The molecule has 2 aromatic rings. The molecular formula is C24H32N4O4S. The van der Waals surface area contributed by atoms with Gasteiger partial charge in [0.2, 0.25) is 0 Å². The summed E-state index contributed by atoms with van der Waals surface area (Å²) in [5.41, 5.74) is 2.69. The summed E-state index contributed by atoms with van der Waals surface area (Å²) in [6, 6.07) is 11.9. The molecule has 0 radical (unpaired) electrons. The molecule has 0 spiro atoms. The molecule has 0 aliphatic carbocycles. The van der Waals surface area contributed by atoms with Crippen LogP contribution in [0.3, 0.4) is 0 Å². The Labute approximate surface area is 196 Å². The molecule has 178 valence electrons. The monoisotopic (exact) mass is 472 g/mol. The average Bonchev–Trinajstić information content (AvgIpc) is 3.34. The smallest absolute Gasteiger partial charge is 0.261 e. The summed E-state index contributed by atoms with van der Waals surface area (Å²) in [5.74, 6) is -0.193. The van der Waals surface area contributed by atoms with Crippen LogP contribution in [0, 0.1) is 6.92 Å². The third-order valence-corrected chi connectivity index (χ3v) is 7.49. The molecule has 2 N–H and O–H groups in total. The fraction of sp³-hybridized carbons (Fsp3) is 0.458. The van der Waals surface area contributed by atoms with Crippen molar-refractivity contribution in [3.8, 4) is 0 Å². The van der Waals surface area contributed by atoms with Crippen molar-refractivity contribution >= 4 is 27.3 Å². The molecule has 33 heavy (non-hydrogen) atoms. The first kappa shape index (κ1) is 23.5. The average molecular weight is 473 g/mol. The maximum Gasteiger partial charge on any atom is 0.261 e. The highest BCUT2D eigenvalue weighted by molar-refractivity contribution is 7.92. The number of carbonyl (C=O) groups is 1. The summed E-state index contributed by atoms with van der Waals surface area (Å²) in [6.07, 6.45) is 2.17. The molecule has 0 unspecified atom stereocenters. The van der Waals surface area contributed by atoms with E-state index in [4.69, 9.17) is 4.74 Å². The first-order chi connectivity index (χ1) is 15.9. The van der Waals surface area contributed by atoms with E-state index in [-0.39, 0.29) is 10.8 Å². The van der Waals surface area contributed by atoms with E-state index >= 15 is 0 Å². The van der Waals surface area contributed by atoms with Crippen molar-refractivity contribution in [2.24, 2.45) is 0 Å². The van der Waals surface area contributed by atoms with Gasteiger partial charge < -0.3 is 15.0 Å². The number of hydrogen-bond donors (Lipinski definition) is 2. The van der Waals surface area contributed by atoms with Crippen LogP contribution in [0.15, 0.2) is 47.4 Å². The molecule has 8 nitrogen and oxygen atoms in total. The summed E-state index contributed by atoms with van der Waals surface area (Å²) in [5, 5.41) is 3.01. The van der Waals surface area contributed by atoms with Crippen LogP contribution in [-0.4, -0.2) is 71.7 Å². The zero-order valence-electron chi connectivity index (χ0n) is 19.0. The number of benzene rings is 2. The fourth-order valence-electron chi connectivity index (χ4n) is 4.19. The Balaban J connectivity index is 1.51. The van der Waals surface area contributed by atoms with Gasteiger partial charge in [0.1, 0.15) is 0 Å². The molecule has 9 heteroatoms. The van der Waals surface area contributed by atoms with Gasteiger partial charge in [-0.15, -0.1) is 0 Å². The Bertz CT molecular complexity index is 1060. The normalized spacial score (nSPS) is 17.2. The number of morpholine rings is 1. The van der Waals surface area contributed by atoms with E-state index in [1.807, 2.05) is 13.0 Å². The minimum atomic E-state index is -3.75. The molecule has 0 saturated carbocycles. The minimum absolute atomic E-state index is 0.188. The minimum Gasteiger partial charge on any atom is -0.379 e. The summed E-state index contributed by atoms with van der Waals surface area (Å²) in [6.45, 7) is 8.14. The third kappa shape index (κ3) is 6.04. The van der Waals surface area contributed by atoms with Crippen molar-refractivity contribution in [3.63, 3.8) is 0 Å². The lowest BCUT2D eigenvalue weighted by atomic mass is 10.1. The predicted molar refractivity (Wildman–Crippen MR) is 129 cm³/mol. The number of ether oxygens (including phenoxy) is 1. The second kappa shape index (κ2) is 10.5. The van der Waals surface area contributed by atoms with Gasteiger partial charge in [0.25, 0.3) is 15.9 Å². The molecule has 0 bridgehead atoms. The van der Waals surface area contributed by atoms with Crippen LogP contribution in [0.5, 0.6) is 0 Å². The van der Waals surface area contributed by atoms with Crippen LogP contribution >= 0.6 is 0 Å². The van der Waals surface area contributed by atoms with Gasteiger partial charge >= 0.3 is 0 Å². The molecule has 1 amide bonds. The van der Waals surface area contributed by atoms with Crippen molar-refractivity contribution in [2.75, 3.05) is 62.1 Å². The second-order valence-electron chi connectivity index (χ2n) is 8.55. The zero-order chi connectivity index (χ0) is 23.3. The van der Waals surface area contributed by atoms with Crippen LogP contribution in [-0.2, 0) is 14.8 Å². The van der Waals surface area contributed by atoms with Crippen molar-refractivity contribution in [1.82, 2.24) is 10.2 Å². The van der Waals surface area contributed by atoms with Crippen LogP contribution in [0.1, 0.15) is 28.8 Å². The highest BCUT2D eigenvalue weighted by atomic mass is 32.2. The van der Waals surface area contributed by atoms with E-state index in [9.17, 15) is 13.2 Å². The molecule has 4 rings (SSSR count). The summed E-state index contributed by atoms with van der Waals surface area (Å²) in [7, 11) is -3.75. The van der Waals surface area contributed by atoms with Crippen LogP contribution in [0.2, 0.25) is 0 Å². The molecule has 0 aromatic heterocycles. The Morgan fingerprint density at radius 2 is 1.70 bits per heavy atom. The lowest BCUT2D eigenvalue weighted by Crippen LogP contribution is -2.41. The molecule has 2 aliphatic rings. The summed E-state index contributed by atoms with van der Waals surface area (Å²) >= 11 is 0. The standard InChI is InChI=1S/C24H32N4O4S/c1-19-4-7-21(8-5-19)33(30,31)26-20-6-9-23(28-11-2-3-12-28)22(18-20)24(29)25-10-13-27-14-16-32-17-15-27/h4-9,18,26H,2-3,10-17H2,1H3,(H,25,29). The number of anilines is 2. The lowest BCUT2D eigenvalue weighted by molar-refractivity contribution is 0.0383. The van der Waals surface area contributed by atoms with Gasteiger partial charge in [-0.25, -0.2) is 8.42 Å². The predicted octanol–water partition coefficient (Wildman–Crippen LogP) is 2.46. The van der Waals surface area contributed by atoms with E-state index in [0.717, 1.165) is 70.0 Å². The lowest BCUT2D eigenvalue weighted by Gasteiger charge is -2.26. The molecule has 2 aliphatic heterocycles. The van der Waals surface area contributed by atoms with Crippen LogP contribution in [0.4, 0.5) is 11.4 Å². The summed E-state index contributed by atoms with van der Waals surface area (Å²) < 4.78 is 33.7. The Kier molecular flexibility index (Phi) is 7.52. The molecule has 2 heterocycles. The molecule has 2 fully saturated rings. The van der Waals surface area contributed by atoms with E-state index in [0.29, 0.717) is 17.8 Å². The van der Waals surface area contributed by atoms with Gasteiger partial charge in [0.15, 0.2) is 0 Å². The molecule has 2 saturated heterocycles. The first-order valence-electron chi connectivity index (χ1n) is 11.5. The van der Waals surface area contributed by atoms with Crippen LogP contribution < -0.4 is 14.9 Å². The van der Waals surface area contributed by atoms with Gasteiger partial charge in [0, 0.05) is 50.6 Å². The van der Waals surface area contributed by atoms with Crippen LogP contribution in [0.25, 0.3) is 0 Å². The molecule has 2 aromatic carbocycles. The highest BCUT2D eigenvalue weighted by Gasteiger charge is 2.22. The Hall–Kier alpha value is -2.62. The maximum atomic E-state index is 13.1. The number of carbonyl (C=O) groups excluding carboxylic acids is 1. The summed E-state index contributed by atoms with van der Waals surface area (Å²) in [4.78, 5) is 17.8. The van der Waals surface area contributed by atoms with Crippen molar-refractivity contribution in [1.29, 1.82) is 0 Å². The zero-order valence-corrected chi connectivity index (χ0v) is 19.9. The van der Waals surface area contributed by atoms with E-state index in [2.05, 4.69) is 19.8 Å². The maximum absolute atomic E-state index is 13.1. The van der Waals surface area contributed by atoms with Crippen molar-refractivity contribution in [2.45, 2.75) is 24.7 Å². The van der Waals surface area contributed by atoms with Gasteiger partial charge in [-0.1, -0.05) is 17.7 Å². The molecule has 0 atom stereocenters. The second-order valence-corrected chi connectivity index (χ2v) is 10.2. The van der Waals surface area contributed by atoms with Gasteiger partial charge in [-0.2, -0.15) is 0 Å². The van der Waals surface area contributed by atoms with E-state index in [1.165, 1.54) is 0 Å². The number of nitrogens with zero attached hydrogens (tertiary/aromatic N) is 2. The number of sulfonamides is 1. The van der Waals surface area contributed by atoms with Gasteiger partial charge in [0.05, 0.1) is 23.7 Å². The third-order valence-electron chi connectivity index (χ3n) is 6.09.